The number of fused-ring (bicyclic) bond motifs is 3. The van der Waals surface area contributed by atoms with Gasteiger partial charge in [-0.15, -0.1) is 0 Å². The second-order valence-electron chi connectivity index (χ2n) is 8.64. The Morgan fingerprint density at radius 1 is 1.03 bits per heavy atom. The van der Waals surface area contributed by atoms with Crippen molar-refractivity contribution in [2.45, 2.75) is 19.5 Å². The molecule has 1 aliphatic heterocycles. The van der Waals surface area contributed by atoms with E-state index in [1.54, 1.807) is 60.8 Å². The van der Waals surface area contributed by atoms with E-state index in [0.29, 0.717) is 44.8 Å². The average molecular weight is 530 g/mol. The minimum absolute atomic E-state index is 0.254. The highest BCUT2D eigenvalue weighted by Gasteiger charge is 2.23. The number of hydrogen-bond donors (Lipinski definition) is 3. The van der Waals surface area contributed by atoms with Crippen molar-refractivity contribution in [2.75, 3.05) is 5.32 Å². The molecule has 5 rings (SSSR count). The lowest BCUT2D eigenvalue weighted by atomic mass is 9.95. The highest BCUT2D eigenvalue weighted by atomic mass is 35.5. The van der Waals surface area contributed by atoms with Gasteiger partial charge in [0, 0.05) is 44.7 Å². The molecule has 1 unspecified atom stereocenters. The molecule has 10 heteroatoms. The molecule has 0 aliphatic carbocycles. The normalized spacial score (nSPS) is 12.9. The van der Waals surface area contributed by atoms with Crippen LogP contribution in [0, 0.1) is 5.82 Å². The first kappa shape index (κ1) is 25.0. The lowest BCUT2D eigenvalue weighted by Gasteiger charge is -2.13. The van der Waals surface area contributed by atoms with E-state index in [1.807, 2.05) is 6.07 Å². The van der Waals surface area contributed by atoms with Crippen LogP contribution in [0.25, 0.3) is 11.3 Å². The number of amides is 1. The fourth-order valence-electron chi connectivity index (χ4n) is 4.04. The largest absolute Gasteiger partial charge is 0.480 e. The Balaban J connectivity index is 1.44. The Morgan fingerprint density at radius 3 is 2.53 bits per heavy atom. The summed E-state index contributed by atoms with van der Waals surface area (Å²) in [7, 11) is 0. The second-order valence-corrected chi connectivity index (χ2v) is 9.07. The Hall–Kier alpha value is -4.63. The molecule has 0 saturated carbocycles. The number of rotatable bonds is 6. The quantitative estimate of drug-likeness (QED) is 0.315. The molecular weight excluding hydrogens is 509 g/mol. The Kier molecular flexibility index (Phi) is 6.85. The summed E-state index contributed by atoms with van der Waals surface area (Å²) in [5.74, 6) is -1.68. The maximum Gasteiger partial charge on any atom is 0.325 e. The number of benzene rings is 3. The monoisotopic (exact) mass is 529 g/mol. The van der Waals surface area contributed by atoms with E-state index in [0.717, 1.165) is 11.1 Å². The zero-order chi connectivity index (χ0) is 26.8. The number of hydrogen-bond acceptors (Lipinski definition) is 6. The third kappa shape index (κ3) is 5.09. The molecule has 1 amide bonds. The maximum absolute atomic E-state index is 14.7. The van der Waals surface area contributed by atoms with E-state index in [1.165, 1.54) is 13.0 Å². The molecule has 3 aromatic carbocycles. The van der Waals surface area contributed by atoms with E-state index in [4.69, 9.17) is 26.7 Å². The molecule has 1 aromatic heterocycles. The van der Waals surface area contributed by atoms with Crippen molar-refractivity contribution in [2.24, 2.45) is 4.99 Å². The molecule has 190 valence electrons. The van der Waals surface area contributed by atoms with Crippen LogP contribution < -0.4 is 10.6 Å². The predicted octanol–water partition coefficient (Wildman–Crippen LogP) is 5.23. The topological polar surface area (TPSA) is 117 Å². The first-order chi connectivity index (χ1) is 18.3. The van der Waals surface area contributed by atoms with Crippen molar-refractivity contribution in [3.63, 3.8) is 0 Å². The van der Waals surface area contributed by atoms with Crippen LogP contribution in [0.4, 0.5) is 16.0 Å². The summed E-state index contributed by atoms with van der Waals surface area (Å²) < 4.78 is 14.7. The number of carboxylic acid groups (broad SMARTS) is 1. The number of aliphatic carboxylic acids is 1. The Labute approximate surface area is 222 Å². The van der Waals surface area contributed by atoms with Crippen LogP contribution in [0.3, 0.4) is 0 Å². The number of aliphatic imine (C=N–C) groups is 1. The zero-order valence-electron chi connectivity index (χ0n) is 20.1. The van der Waals surface area contributed by atoms with Crippen LogP contribution in [0.1, 0.15) is 34.0 Å². The molecule has 38 heavy (non-hydrogen) atoms. The van der Waals surface area contributed by atoms with Crippen LogP contribution in [-0.2, 0) is 11.3 Å². The van der Waals surface area contributed by atoms with E-state index in [9.17, 15) is 14.0 Å². The number of halogens is 2. The molecule has 2 heterocycles. The summed E-state index contributed by atoms with van der Waals surface area (Å²) in [6.07, 6.45) is 1.67. The van der Waals surface area contributed by atoms with Gasteiger partial charge in [-0.2, -0.15) is 0 Å². The standard InChI is InChI=1S/C28H21ClFN5O3/c1-15(27(37)38)33-26(36)16-6-9-19(10-7-16)34-28-32-14-17-13-31-25(21-4-2-3-5-23(21)30)22-12-18(29)8-11-20(22)24(17)35-28/h2-12,14-15H,13H2,1H3,(H,33,36)(H,37,38)(H,32,34,35). The number of nitrogens with zero attached hydrogens (tertiary/aromatic N) is 3. The smallest absolute Gasteiger partial charge is 0.325 e. The van der Waals surface area contributed by atoms with Gasteiger partial charge in [0.1, 0.15) is 11.9 Å². The van der Waals surface area contributed by atoms with Crippen molar-refractivity contribution >= 4 is 40.8 Å². The molecule has 0 fully saturated rings. The Morgan fingerprint density at radius 2 is 1.79 bits per heavy atom. The third-order valence-corrected chi connectivity index (χ3v) is 6.25. The average Bonchev–Trinajstić information content (AvgIpc) is 3.05. The predicted molar refractivity (Wildman–Crippen MR) is 143 cm³/mol. The number of carbonyl (C=O) groups is 2. The summed E-state index contributed by atoms with van der Waals surface area (Å²) in [5.41, 5.74) is 4.62. The van der Waals surface area contributed by atoms with Crippen LogP contribution in [0.5, 0.6) is 0 Å². The Bertz CT molecular complexity index is 1590. The molecule has 3 N–H and O–H groups in total. The number of carboxylic acids is 1. The van der Waals surface area contributed by atoms with Crippen LogP contribution in [-0.4, -0.2) is 38.7 Å². The summed E-state index contributed by atoms with van der Waals surface area (Å²) >= 11 is 6.31. The molecule has 8 nitrogen and oxygen atoms in total. The SMILES string of the molecule is CC(NC(=O)c1ccc(Nc2ncc3c(n2)-c2ccc(Cl)cc2C(c2ccccc2F)=NC3)cc1)C(=O)O. The highest BCUT2D eigenvalue weighted by molar-refractivity contribution is 6.31. The lowest BCUT2D eigenvalue weighted by Crippen LogP contribution is -2.38. The molecule has 1 atom stereocenters. The molecule has 0 radical (unpaired) electrons. The van der Waals surface area contributed by atoms with Gasteiger partial charge in [0.2, 0.25) is 5.95 Å². The molecule has 4 aromatic rings. The number of aromatic nitrogens is 2. The van der Waals surface area contributed by atoms with Gasteiger partial charge in [-0.3, -0.25) is 14.6 Å². The molecule has 0 spiro atoms. The zero-order valence-corrected chi connectivity index (χ0v) is 20.8. The van der Waals surface area contributed by atoms with E-state index in [-0.39, 0.29) is 12.4 Å². The molecule has 1 aliphatic rings. The van der Waals surface area contributed by atoms with E-state index in [2.05, 4.69) is 15.6 Å². The van der Waals surface area contributed by atoms with Crippen LogP contribution >= 0.6 is 11.6 Å². The fraction of sp³-hybridized carbons (Fsp3) is 0.107. The van der Waals surface area contributed by atoms with Gasteiger partial charge in [0.25, 0.3) is 5.91 Å². The van der Waals surface area contributed by atoms with Crippen molar-refractivity contribution < 1.29 is 19.1 Å². The fourth-order valence-corrected chi connectivity index (χ4v) is 4.22. The lowest BCUT2D eigenvalue weighted by molar-refractivity contribution is -0.138. The molecule has 0 bridgehead atoms. The van der Waals surface area contributed by atoms with E-state index >= 15 is 0 Å². The second kappa shape index (κ2) is 10.4. The van der Waals surface area contributed by atoms with Gasteiger partial charge >= 0.3 is 5.97 Å². The highest BCUT2D eigenvalue weighted by Crippen LogP contribution is 2.34. The van der Waals surface area contributed by atoms with Gasteiger partial charge in [-0.05, 0) is 55.5 Å². The van der Waals surface area contributed by atoms with Gasteiger partial charge in [0.15, 0.2) is 0 Å². The van der Waals surface area contributed by atoms with Crippen molar-refractivity contribution in [3.05, 3.63) is 106 Å². The van der Waals surface area contributed by atoms with E-state index < -0.39 is 17.9 Å². The van der Waals surface area contributed by atoms with Crippen molar-refractivity contribution in [1.82, 2.24) is 15.3 Å². The van der Waals surface area contributed by atoms with Crippen molar-refractivity contribution in [3.8, 4) is 11.3 Å². The summed E-state index contributed by atoms with van der Waals surface area (Å²) in [6.45, 7) is 1.65. The van der Waals surface area contributed by atoms with Gasteiger partial charge < -0.3 is 15.7 Å². The summed E-state index contributed by atoms with van der Waals surface area (Å²) in [4.78, 5) is 37.1. The maximum atomic E-state index is 14.7. The minimum Gasteiger partial charge on any atom is -0.480 e. The number of anilines is 2. The van der Waals surface area contributed by atoms with Crippen LogP contribution in [0.15, 0.2) is 77.9 Å². The van der Waals surface area contributed by atoms with Gasteiger partial charge in [0.05, 0.1) is 18.0 Å². The minimum atomic E-state index is -1.12. The molecular formula is C28H21ClFN5O3. The van der Waals surface area contributed by atoms with Crippen LogP contribution in [0.2, 0.25) is 5.02 Å². The first-order valence-corrected chi connectivity index (χ1v) is 12.0. The first-order valence-electron chi connectivity index (χ1n) is 11.7. The van der Waals surface area contributed by atoms with Crippen molar-refractivity contribution in [1.29, 1.82) is 0 Å². The summed E-state index contributed by atoms with van der Waals surface area (Å²) in [6, 6.07) is 17.3. The van der Waals surface area contributed by atoms with Gasteiger partial charge in [-0.1, -0.05) is 29.8 Å². The molecule has 0 saturated heterocycles. The van der Waals surface area contributed by atoms with Gasteiger partial charge in [-0.25, -0.2) is 14.4 Å². The summed E-state index contributed by atoms with van der Waals surface area (Å²) in [5, 5.41) is 15.0. The third-order valence-electron chi connectivity index (χ3n) is 6.01. The number of nitrogens with one attached hydrogen (secondary N) is 2. The number of carbonyl (C=O) groups excluding carboxylic acids is 1.